The van der Waals surface area contributed by atoms with Crippen molar-refractivity contribution in [2.45, 2.75) is 26.7 Å². The van der Waals surface area contributed by atoms with Crippen molar-refractivity contribution in [3.63, 3.8) is 0 Å². The molecule has 0 amide bonds. The standard InChI is InChI=1S/C12H20N2O/c1-12(2,10-15)6-4-8-14-11-5-3-7-13-9-11/h3,5,7,9,14-15H,4,6,8,10H2,1-2H3. The van der Waals surface area contributed by atoms with Gasteiger partial charge >= 0.3 is 0 Å². The van der Waals surface area contributed by atoms with Gasteiger partial charge in [-0.2, -0.15) is 0 Å². The average Bonchev–Trinajstić information content (AvgIpc) is 2.26. The molecule has 1 aromatic heterocycles. The lowest BCUT2D eigenvalue weighted by Crippen LogP contribution is -2.18. The molecule has 0 saturated heterocycles. The highest BCUT2D eigenvalue weighted by molar-refractivity contribution is 5.39. The summed E-state index contributed by atoms with van der Waals surface area (Å²) in [6.07, 6.45) is 5.66. The van der Waals surface area contributed by atoms with Crippen LogP contribution in [0.1, 0.15) is 26.7 Å². The largest absolute Gasteiger partial charge is 0.396 e. The Balaban J connectivity index is 2.18. The molecular formula is C12H20N2O. The number of hydrogen-bond acceptors (Lipinski definition) is 3. The van der Waals surface area contributed by atoms with E-state index < -0.39 is 0 Å². The van der Waals surface area contributed by atoms with E-state index >= 15 is 0 Å². The smallest absolute Gasteiger partial charge is 0.0526 e. The quantitative estimate of drug-likeness (QED) is 0.705. The minimum Gasteiger partial charge on any atom is -0.396 e. The molecule has 2 N–H and O–H groups in total. The fourth-order valence-corrected chi connectivity index (χ4v) is 1.35. The first-order chi connectivity index (χ1) is 7.14. The molecule has 1 heterocycles. The molecule has 3 heteroatoms. The first-order valence-corrected chi connectivity index (χ1v) is 5.39. The zero-order valence-electron chi connectivity index (χ0n) is 9.53. The molecule has 15 heavy (non-hydrogen) atoms. The molecule has 0 aliphatic rings. The molecule has 1 rings (SSSR count). The van der Waals surface area contributed by atoms with Gasteiger partial charge in [-0.25, -0.2) is 0 Å². The molecule has 3 nitrogen and oxygen atoms in total. The van der Waals surface area contributed by atoms with Crippen LogP contribution in [0, 0.1) is 5.41 Å². The Bertz CT molecular complexity index is 272. The number of rotatable bonds is 6. The van der Waals surface area contributed by atoms with Crippen LogP contribution in [0.3, 0.4) is 0 Å². The van der Waals surface area contributed by atoms with Gasteiger partial charge < -0.3 is 10.4 Å². The molecule has 0 aromatic carbocycles. The molecule has 0 saturated carbocycles. The minimum atomic E-state index is 0.0383. The number of hydrogen-bond donors (Lipinski definition) is 2. The van der Waals surface area contributed by atoms with Crippen molar-refractivity contribution in [1.29, 1.82) is 0 Å². The second-order valence-electron chi connectivity index (χ2n) is 4.59. The third-order valence-corrected chi connectivity index (χ3v) is 2.45. The van der Waals surface area contributed by atoms with Crippen LogP contribution in [-0.4, -0.2) is 23.2 Å². The fourth-order valence-electron chi connectivity index (χ4n) is 1.35. The summed E-state index contributed by atoms with van der Waals surface area (Å²) in [6, 6.07) is 3.92. The molecule has 0 aliphatic heterocycles. The van der Waals surface area contributed by atoms with E-state index in [1.165, 1.54) is 0 Å². The lowest BCUT2D eigenvalue weighted by Gasteiger charge is -2.21. The summed E-state index contributed by atoms with van der Waals surface area (Å²) in [5.74, 6) is 0. The van der Waals surface area contributed by atoms with Gasteiger partial charge in [0.05, 0.1) is 5.69 Å². The highest BCUT2D eigenvalue weighted by atomic mass is 16.3. The molecule has 0 bridgehead atoms. The molecule has 1 aromatic rings. The van der Waals surface area contributed by atoms with Crippen LogP contribution >= 0.6 is 0 Å². The second-order valence-corrected chi connectivity index (χ2v) is 4.59. The second kappa shape index (κ2) is 5.71. The van der Waals surface area contributed by atoms with Crippen molar-refractivity contribution in [3.05, 3.63) is 24.5 Å². The lowest BCUT2D eigenvalue weighted by molar-refractivity contribution is 0.149. The summed E-state index contributed by atoms with van der Waals surface area (Å²) in [7, 11) is 0. The molecule has 0 fully saturated rings. The first kappa shape index (κ1) is 12.0. The number of nitrogens with one attached hydrogen (secondary N) is 1. The van der Waals surface area contributed by atoms with Gasteiger partial charge in [0.25, 0.3) is 0 Å². The number of aromatic nitrogens is 1. The van der Waals surface area contributed by atoms with Crippen molar-refractivity contribution in [3.8, 4) is 0 Å². The Morgan fingerprint density at radius 3 is 2.87 bits per heavy atom. The lowest BCUT2D eigenvalue weighted by atomic mass is 9.89. The molecule has 84 valence electrons. The van der Waals surface area contributed by atoms with Crippen LogP contribution in [0.4, 0.5) is 5.69 Å². The number of nitrogens with zero attached hydrogens (tertiary/aromatic N) is 1. The van der Waals surface area contributed by atoms with Crippen LogP contribution in [0.2, 0.25) is 0 Å². The topological polar surface area (TPSA) is 45.1 Å². The van der Waals surface area contributed by atoms with Gasteiger partial charge in [0.1, 0.15) is 0 Å². The van der Waals surface area contributed by atoms with Crippen molar-refractivity contribution >= 4 is 5.69 Å². The Kier molecular flexibility index (Phi) is 4.56. The van der Waals surface area contributed by atoms with Gasteiger partial charge in [-0.05, 0) is 30.4 Å². The maximum absolute atomic E-state index is 9.08. The molecule has 0 radical (unpaired) electrons. The Hall–Kier alpha value is -1.09. The third kappa shape index (κ3) is 4.79. The molecule has 0 spiro atoms. The van der Waals surface area contributed by atoms with Crippen molar-refractivity contribution in [2.24, 2.45) is 5.41 Å². The Morgan fingerprint density at radius 1 is 1.47 bits per heavy atom. The molecule has 0 aliphatic carbocycles. The van der Waals surface area contributed by atoms with E-state index in [4.69, 9.17) is 5.11 Å². The minimum absolute atomic E-state index is 0.0383. The summed E-state index contributed by atoms with van der Waals surface area (Å²) in [5.41, 5.74) is 1.09. The summed E-state index contributed by atoms with van der Waals surface area (Å²) in [4.78, 5) is 4.03. The van der Waals surface area contributed by atoms with E-state index in [0.29, 0.717) is 0 Å². The van der Waals surface area contributed by atoms with Gasteiger partial charge in [-0.15, -0.1) is 0 Å². The van der Waals surface area contributed by atoms with Crippen LogP contribution < -0.4 is 5.32 Å². The van der Waals surface area contributed by atoms with E-state index in [2.05, 4.69) is 24.1 Å². The van der Waals surface area contributed by atoms with Crippen LogP contribution in [0.5, 0.6) is 0 Å². The van der Waals surface area contributed by atoms with Crippen LogP contribution in [-0.2, 0) is 0 Å². The number of aliphatic hydroxyl groups excluding tert-OH is 1. The maximum Gasteiger partial charge on any atom is 0.0526 e. The average molecular weight is 208 g/mol. The van der Waals surface area contributed by atoms with E-state index in [1.807, 2.05) is 18.3 Å². The van der Waals surface area contributed by atoms with Gasteiger partial charge in [0.15, 0.2) is 0 Å². The summed E-state index contributed by atoms with van der Waals surface area (Å²) in [5, 5.41) is 12.4. The first-order valence-electron chi connectivity index (χ1n) is 5.39. The van der Waals surface area contributed by atoms with Crippen molar-refractivity contribution < 1.29 is 5.11 Å². The normalized spacial score (nSPS) is 11.4. The highest BCUT2D eigenvalue weighted by Crippen LogP contribution is 2.20. The van der Waals surface area contributed by atoms with Gasteiger partial charge in [-0.1, -0.05) is 13.8 Å². The fraction of sp³-hybridized carbons (Fsp3) is 0.583. The molecular weight excluding hydrogens is 188 g/mol. The van der Waals surface area contributed by atoms with Gasteiger partial charge in [-0.3, -0.25) is 4.98 Å². The maximum atomic E-state index is 9.08. The van der Waals surface area contributed by atoms with Crippen LogP contribution in [0.15, 0.2) is 24.5 Å². The predicted octanol–water partition coefficient (Wildman–Crippen LogP) is 2.29. The molecule has 0 atom stereocenters. The number of aliphatic hydroxyl groups is 1. The van der Waals surface area contributed by atoms with Gasteiger partial charge in [0.2, 0.25) is 0 Å². The van der Waals surface area contributed by atoms with Crippen molar-refractivity contribution in [1.82, 2.24) is 4.98 Å². The summed E-state index contributed by atoms with van der Waals surface area (Å²) in [6.45, 7) is 5.34. The van der Waals surface area contributed by atoms with Gasteiger partial charge in [0, 0.05) is 25.5 Å². The summed E-state index contributed by atoms with van der Waals surface area (Å²) < 4.78 is 0. The predicted molar refractivity (Wildman–Crippen MR) is 62.8 cm³/mol. The Morgan fingerprint density at radius 2 is 2.27 bits per heavy atom. The van der Waals surface area contributed by atoms with E-state index in [1.54, 1.807) is 6.20 Å². The van der Waals surface area contributed by atoms with Crippen LogP contribution in [0.25, 0.3) is 0 Å². The zero-order chi connectivity index (χ0) is 11.1. The SMILES string of the molecule is CC(C)(CO)CCCNc1cccnc1. The number of pyridine rings is 1. The third-order valence-electron chi connectivity index (χ3n) is 2.45. The van der Waals surface area contributed by atoms with Crippen molar-refractivity contribution in [2.75, 3.05) is 18.5 Å². The zero-order valence-corrected chi connectivity index (χ0v) is 9.53. The van der Waals surface area contributed by atoms with E-state index in [0.717, 1.165) is 25.1 Å². The van der Waals surface area contributed by atoms with E-state index in [-0.39, 0.29) is 12.0 Å². The summed E-state index contributed by atoms with van der Waals surface area (Å²) >= 11 is 0. The number of anilines is 1. The highest BCUT2D eigenvalue weighted by Gasteiger charge is 2.14. The Labute approximate surface area is 91.5 Å². The van der Waals surface area contributed by atoms with E-state index in [9.17, 15) is 0 Å². The monoisotopic (exact) mass is 208 g/mol. The molecule has 0 unspecified atom stereocenters.